The van der Waals surface area contributed by atoms with E-state index in [2.05, 4.69) is 17.2 Å². The molecule has 0 saturated carbocycles. The first kappa shape index (κ1) is 21.8. The van der Waals surface area contributed by atoms with Gasteiger partial charge in [0.05, 0.1) is 24.0 Å². The highest BCUT2D eigenvalue weighted by molar-refractivity contribution is 7.99. The Morgan fingerprint density at radius 3 is 2.66 bits per heavy atom. The molecule has 9 heteroatoms. The lowest BCUT2D eigenvalue weighted by molar-refractivity contribution is -0.113. The number of carbonyl (C=O) groups excluding carboxylic acids is 1. The Kier molecular flexibility index (Phi) is 7.28. The van der Waals surface area contributed by atoms with Crippen molar-refractivity contribution in [3.8, 4) is 0 Å². The van der Waals surface area contributed by atoms with Gasteiger partial charge in [0.2, 0.25) is 15.9 Å². The Labute approximate surface area is 175 Å². The van der Waals surface area contributed by atoms with Gasteiger partial charge < -0.3 is 10.1 Å². The summed E-state index contributed by atoms with van der Waals surface area (Å²) in [6, 6.07) is 9.13. The minimum absolute atomic E-state index is 0.120. The van der Waals surface area contributed by atoms with Gasteiger partial charge in [0.1, 0.15) is 4.90 Å². The number of ether oxygens (including phenoxy) is 1. The summed E-state index contributed by atoms with van der Waals surface area (Å²) in [5.41, 5.74) is 2.98. The maximum atomic E-state index is 12.6. The van der Waals surface area contributed by atoms with Crippen LogP contribution in [0.2, 0.25) is 0 Å². The summed E-state index contributed by atoms with van der Waals surface area (Å²) in [6.45, 7) is 5.51. The second kappa shape index (κ2) is 9.71. The van der Waals surface area contributed by atoms with E-state index in [0.717, 1.165) is 23.2 Å². The molecule has 1 amide bonds. The van der Waals surface area contributed by atoms with Gasteiger partial charge >= 0.3 is 0 Å². The number of aromatic nitrogens is 1. The van der Waals surface area contributed by atoms with E-state index in [0.29, 0.717) is 31.3 Å². The first-order chi connectivity index (χ1) is 13.9. The van der Waals surface area contributed by atoms with Crippen LogP contribution in [0.15, 0.2) is 46.5 Å². The van der Waals surface area contributed by atoms with E-state index in [9.17, 15) is 13.2 Å². The van der Waals surface area contributed by atoms with Gasteiger partial charge in [-0.2, -0.15) is 4.31 Å². The number of sulfonamides is 1. The second-order valence-corrected chi connectivity index (χ2v) is 9.58. The molecule has 1 N–H and O–H groups in total. The number of para-hydroxylation sites is 1. The highest BCUT2D eigenvalue weighted by Crippen LogP contribution is 2.23. The number of nitrogens with one attached hydrogen (secondary N) is 1. The summed E-state index contributed by atoms with van der Waals surface area (Å²) in [4.78, 5) is 16.7. The third kappa shape index (κ3) is 5.36. The fourth-order valence-corrected chi connectivity index (χ4v) is 5.05. The average Bonchev–Trinajstić information content (AvgIpc) is 2.74. The minimum atomic E-state index is -3.56. The van der Waals surface area contributed by atoms with Crippen molar-refractivity contribution in [2.24, 2.45) is 0 Å². The van der Waals surface area contributed by atoms with Crippen LogP contribution < -0.4 is 5.32 Å². The molecule has 1 fully saturated rings. The molecule has 156 valence electrons. The molecule has 1 aromatic carbocycles. The molecule has 0 atom stereocenters. The van der Waals surface area contributed by atoms with E-state index in [-0.39, 0.29) is 16.6 Å². The Morgan fingerprint density at radius 1 is 1.24 bits per heavy atom. The maximum Gasteiger partial charge on any atom is 0.244 e. The zero-order valence-corrected chi connectivity index (χ0v) is 18.2. The predicted octanol–water partition coefficient (Wildman–Crippen LogP) is 2.70. The topological polar surface area (TPSA) is 88.6 Å². The average molecular weight is 436 g/mol. The summed E-state index contributed by atoms with van der Waals surface area (Å²) in [5.74, 6) is 0.0749. The SMILES string of the molecule is CCc1cccc(C)c1NC(=O)CSc1ccc(S(=O)(=O)N2CCOCC2)cn1. The van der Waals surface area contributed by atoms with Crippen molar-refractivity contribution in [1.82, 2.24) is 9.29 Å². The quantitative estimate of drug-likeness (QED) is 0.673. The van der Waals surface area contributed by atoms with Gasteiger partial charge in [0.25, 0.3) is 0 Å². The van der Waals surface area contributed by atoms with Crippen molar-refractivity contribution in [3.63, 3.8) is 0 Å². The minimum Gasteiger partial charge on any atom is -0.379 e. The highest BCUT2D eigenvalue weighted by Gasteiger charge is 2.26. The van der Waals surface area contributed by atoms with E-state index >= 15 is 0 Å². The van der Waals surface area contributed by atoms with Crippen molar-refractivity contribution in [3.05, 3.63) is 47.7 Å². The zero-order valence-electron chi connectivity index (χ0n) is 16.6. The van der Waals surface area contributed by atoms with Gasteiger partial charge in [-0.25, -0.2) is 13.4 Å². The van der Waals surface area contributed by atoms with Crippen LogP contribution in [0.4, 0.5) is 5.69 Å². The third-order valence-electron chi connectivity index (χ3n) is 4.67. The lowest BCUT2D eigenvalue weighted by Crippen LogP contribution is -2.40. The van der Waals surface area contributed by atoms with Crippen molar-refractivity contribution in [1.29, 1.82) is 0 Å². The summed E-state index contributed by atoms with van der Waals surface area (Å²) in [7, 11) is -3.56. The molecule has 2 heterocycles. The molecule has 0 bridgehead atoms. The molecule has 1 aliphatic rings. The Morgan fingerprint density at radius 2 is 2.00 bits per heavy atom. The number of pyridine rings is 1. The van der Waals surface area contributed by atoms with E-state index in [1.165, 1.54) is 28.3 Å². The van der Waals surface area contributed by atoms with Crippen LogP contribution in [-0.4, -0.2) is 55.7 Å². The molecule has 7 nitrogen and oxygen atoms in total. The molecule has 0 unspecified atom stereocenters. The number of aryl methyl sites for hydroxylation is 2. The van der Waals surface area contributed by atoms with Gasteiger partial charge in [-0.05, 0) is 36.6 Å². The smallest absolute Gasteiger partial charge is 0.244 e. The summed E-state index contributed by atoms with van der Waals surface area (Å²) < 4.78 is 31.8. The van der Waals surface area contributed by atoms with Crippen molar-refractivity contribution >= 4 is 33.4 Å². The Bertz CT molecular complexity index is 956. The second-order valence-electron chi connectivity index (χ2n) is 6.65. The number of amides is 1. The third-order valence-corrected chi connectivity index (χ3v) is 7.50. The molecule has 3 rings (SSSR count). The Balaban J connectivity index is 1.60. The molecular weight excluding hydrogens is 410 g/mol. The molecule has 1 aliphatic heterocycles. The van der Waals surface area contributed by atoms with Crippen LogP contribution in [0, 0.1) is 6.92 Å². The van der Waals surface area contributed by atoms with Crippen LogP contribution in [0.25, 0.3) is 0 Å². The Hall–Kier alpha value is -1.94. The first-order valence-electron chi connectivity index (χ1n) is 9.47. The van der Waals surface area contributed by atoms with Gasteiger partial charge in [-0.1, -0.05) is 36.9 Å². The normalized spacial score (nSPS) is 15.2. The summed E-state index contributed by atoms with van der Waals surface area (Å²) in [6.07, 6.45) is 2.19. The number of rotatable bonds is 7. The fraction of sp³-hybridized carbons (Fsp3) is 0.400. The van der Waals surface area contributed by atoms with E-state index in [4.69, 9.17) is 4.74 Å². The van der Waals surface area contributed by atoms with Crippen LogP contribution >= 0.6 is 11.8 Å². The molecule has 1 aromatic heterocycles. The van der Waals surface area contributed by atoms with Gasteiger partial charge in [0.15, 0.2) is 0 Å². The van der Waals surface area contributed by atoms with E-state index < -0.39 is 10.0 Å². The lowest BCUT2D eigenvalue weighted by atomic mass is 10.1. The number of hydrogen-bond acceptors (Lipinski definition) is 6. The van der Waals surface area contributed by atoms with Gasteiger partial charge in [-0.3, -0.25) is 4.79 Å². The number of anilines is 1. The monoisotopic (exact) mass is 435 g/mol. The summed E-state index contributed by atoms with van der Waals surface area (Å²) in [5, 5.41) is 3.58. The number of morpholine rings is 1. The van der Waals surface area contributed by atoms with Crippen LogP contribution in [0.1, 0.15) is 18.1 Å². The molecule has 29 heavy (non-hydrogen) atoms. The number of carbonyl (C=O) groups is 1. The molecular formula is C20H25N3O4S2. The molecule has 2 aromatic rings. The largest absolute Gasteiger partial charge is 0.379 e. The van der Waals surface area contributed by atoms with Crippen molar-refractivity contribution in [2.75, 3.05) is 37.4 Å². The molecule has 1 saturated heterocycles. The number of thioether (sulfide) groups is 1. The number of benzene rings is 1. The fourth-order valence-electron chi connectivity index (χ4n) is 3.06. The molecule has 0 radical (unpaired) electrons. The van der Waals surface area contributed by atoms with Crippen molar-refractivity contribution in [2.45, 2.75) is 30.2 Å². The molecule has 0 spiro atoms. The summed E-state index contributed by atoms with van der Waals surface area (Å²) >= 11 is 1.27. The van der Waals surface area contributed by atoms with Crippen molar-refractivity contribution < 1.29 is 17.9 Å². The number of nitrogens with zero attached hydrogens (tertiary/aromatic N) is 2. The lowest BCUT2D eigenvalue weighted by Gasteiger charge is -2.25. The van der Waals surface area contributed by atoms with Crippen LogP contribution in [-0.2, 0) is 26.0 Å². The van der Waals surface area contributed by atoms with Crippen LogP contribution in [0.5, 0.6) is 0 Å². The van der Waals surface area contributed by atoms with Gasteiger partial charge in [0, 0.05) is 25.0 Å². The van der Waals surface area contributed by atoms with E-state index in [1.54, 1.807) is 6.07 Å². The molecule has 0 aliphatic carbocycles. The van der Waals surface area contributed by atoms with Gasteiger partial charge in [-0.15, -0.1) is 0 Å². The number of hydrogen-bond donors (Lipinski definition) is 1. The first-order valence-corrected chi connectivity index (χ1v) is 11.9. The van der Waals surface area contributed by atoms with Crippen LogP contribution in [0.3, 0.4) is 0 Å². The standard InChI is InChI=1S/C20H25N3O4S2/c1-3-16-6-4-5-15(2)20(16)22-18(24)14-28-19-8-7-17(13-21-19)29(25,26)23-9-11-27-12-10-23/h4-8,13H,3,9-12,14H2,1-2H3,(H,22,24). The maximum absolute atomic E-state index is 12.6. The predicted molar refractivity (Wildman–Crippen MR) is 114 cm³/mol. The highest BCUT2D eigenvalue weighted by atomic mass is 32.2. The zero-order chi connectivity index (χ0) is 20.9. The van der Waals surface area contributed by atoms with E-state index in [1.807, 2.05) is 25.1 Å².